The number of carbonyl (C=O) groups excluding carboxylic acids is 2. The third-order valence-corrected chi connectivity index (χ3v) is 5.51. The summed E-state index contributed by atoms with van der Waals surface area (Å²) in [6, 6.07) is 23.5. The van der Waals surface area contributed by atoms with E-state index in [9.17, 15) is 9.59 Å². The van der Waals surface area contributed by atoms with E-state index in [1.807, 2.05) is 44.2 Å². The van der Waals surface area contributed by atoms with Crippen LogP contribution in [0.4, 0.5) is 5.69 Å². The van der Waals surface area contributed by atoms with Crippen LogP contribution in [0.25, 0.3) is 0 Å². The minimum Gasteiger partial charge on any atom is -0.491 e. The topological polar surface area (TPSA) is 79.5 Å². The molecule has 2 amide bonds. The first-order chi connectivity index (χ1) is 16.4. The Labute approximate surface area is 205 Å². The zero-order valence-corrected chi connectivity index (χ0v) is 20.3. The van der Waals surface area contributed by atoms with Crippen molar-refractivity contribution in [2.24, 2.45) is 0 Å². The molecule has 0 saturated heterocycles. The molecule has 3 aromatic rings. The molecular formula is C27H29N3O3S. The van der Waals surface area contributed by atoms with Crippen molar-refractivity contribution in [2.45, 2.75) is 39.3 Å². The highest BCUT2D eigenvalue weighted by atomic mass is 32.1. The number of hydrogen-bond acceptors (Lipinski definition) is 4. The molecule has 0 bridgehead atoms. The fourth-order valence-corrected chi connectivity index (χ4v) is 3.36. The summed E-state index contributed by atoms with van der Waals surface area (Å²) in [7, 11) is 0. The lowest BCUT2D eigenvalue weighted by molar-refractivity contribution is 0.0938. The van der Waals surface area contributed by atoms with Crippen LogP contribution in [0.1, 0.15) is 59.5 Å². The Bertz CT molecular complexity index is 1120. The number of thiocarbonyl (C=S) groups is 1. The molecule has 0 aliphatic heterocycles. The van der Waals surface area contributed by atoms with Crippen LogP contribution in [0, 0.1) is 0 Å². The SMILES string of the molecule is CCC(C)Oc1ccc(C(=O)NC(=S)Nc2ccc(C(=O)NC(C)c3ccccc3)cc2)cc1. The quantitative estimate of drug-likeness (QED) is 0.376. The second-order valence-electron chi connectivity index (χ2n) is 7.95. The van der Waals surface area contributed by atoms with E-state index in [-0.39, 0.29) is 29.1 Å². The highest BCUT2D eigenvalue weighted by molar-refractivity contribution is 7.80. The van der Waals surface area contributed by atoms with Crippen molar-refractivity contribution in [3.8, 4) is 5.75 Å². The number of nitrogens with one attached hydrogen (secondary N) is 3. The van der Waals surface area contributed by atoms with Gasteiger partial charge in [-0.25, -0.2) is 0 Å². The van der Waals surface area contributed by atoms with Gasteiger partial charge in [-0.15, -0.1) is 0 Å². The van der Waals surface area contributed by atoms with Gasteiger partial charge in [0, 0.05) is 16.8 Å². The largest absolute Gasteiger partial charge is 0.491 e. The van der Waals surface area contributed by atoms with Gasteiger partial charge in [0.2, 0.25) is 0 Å². The maximum Gasteiger partial charge on any atom is 0.257 e. The van der Waals surface area contributed by atoms with Crippen LogP contribution >= 0.6 is 12.2 Å². The molecule has 0 aliphatic rings. The number of carbonyl (C=O) groups is 2. The minimum atomic E-state index is -0.321. The summed E-state index contributed by atoms with van der Waals surface area (Å²) in [4.78, 5) is 25.0. The third kappa shape index (κ3) is 7.15. The summed E-state index contributed by atoms with van der Waals surface area (Å²) in [5, 5.41) is 8.77. The van der Waals surface area contributed by atoms with Gasteiger partial charge in [0.1, 0.15) is 5.75 Å². The molecular weight excluding hydrogens is 446 g/mol. The third-order valence-electron chi connectivity index (χ3n) is 5.31. The van der Waals surface area contributed by atoms with E-state index in [2.05, 4.69) is 22.9 Å². The molecule has 0 spiro atoms. The number of hydrogen-bond donors (Lipinski definition) is 3. The first-order valence-corrected chi connectivity index (χ1v) is 11.6. The van der Waals surface area contributed by atoms with E-state index in [1.165, 1.54) is 0 Å². The van der Waals surface area contributed by atoms with E-state index in [0.29, 0.717) is 22.6 Å². The Morgan fingerprint density at radius 3 is 2.06 bits per heavy atom. The van der Waals surface area contributed by atoms with Gasteiger partial charge in [-0.2, -0.15) is 0 Å². The second-order valence-corrected chi connectivity index (χ2v) is 8.36. The molecule has 34 heavy (non-hydrogen) atoms. The Balaban J connectivity index is 1.51. The molecule has 7 heteroatoms. The lowest BCUT2D eigenvalue weighted by atomic mass is 10.1. The van der Waals surface area contributed by atoms with Crippen LogP contribution in [0.5, 0.6) is 5.75 Å². The Morgan fingerprint density at radius 2 is 1.44 bits per heavy atom. The van der Waals surface area contributed by atoms with Crippen LogP contribution in [0.2, 0.25) is 0 Å². The molecule has 0 radical (unpaired) electrons. The van der Waals surface area contributed by atoms with E-state index < -0.39 is 0 Å². The lowest BCUT2D eigenvalue weighted by Crippen LogP contribution is -2.34. The summed E-state index contributed by atoms with van der Waals surface area (Å²) >= 11 is 5.26. The van der Waals surface area contributed by atoms with Gasteiger partial charge in [0.25, 0.3) is 11.8 Å². The monoisotopic (exact) mass is 475 g/mol. The molecule has 3 rings (SSSR count). The summed E-state index contributed by atoms with van der Waals surface area (Å²) in [6.45, 7) is 5.99. The molecule has 176 valence electrons. The molecule has 0 saturated carbocycles. The molecule has 3 aromatic carbocycles. The van der Waals surface area contributed by atoms with Crippen LogP contribution in [-0.4, -0.2) is 23.0 Å². The minimum absolute atomic E-state index is 0.107. The standard InChI is InChI=1S/C27H29N3O3S/c1-4-18(2)33-24-16-12-22(13-17-24)26(32)30-27(34)29-23-14-10-21(11-15-23)25(31)28-19(3)20-8-6-5-7-9-20/h5-19H,4H2,1-3H3,(H,28,31)(H2,29,30,32,34). The van der Waals surface area contributed by atoms with Crippen molar-refractivity contribution in [3.63, 3.8) is 0 Å². The summed E-state index contributed by atoms with van der Waals surface area (Å²) in [5.41, 5.74) is 2.70. The average Bonchev–Trinajstić information content (AvgIpc) is 2.85. The second kappa shape index (κ2) is 12.0. The van der Waals surface area contributed by atoms with Crippen LogP contribution in [-0.2, 0) is 0 Å². The Morgan fingerprint density at radius 1 is 0.853 bits per heavy atom. The summed E-state index contributed by atoms with van der Waals surface area (Å²) in [5.74, 6) is 0.229. The fraction of sp³-hybridized carbons (Fsp3) is 0.222. The highest BCUT2D eigenvalue weighted by Crippen LogP contribution is 2.16. The maximum absolute atomic E-state index is 12.5. The molecule has 2 atom stereocenters. The van der Waals surface area contributed by atoms with Gasteiger partial charge in [-0.05, 0) is 86.6 Å². The predicted molar refractivity (Wildman–Crippen MR) is 139 cm³/mol. The molecule has 0 heterocycles. The van der Waals surface area contributed by atoms with Crippen molar-refractivity contribution in [1.82, 2.24) is 10.6 Å². The zero-order valence-electron chi connectivity index (χ0n) is 19.5. The van der Waals surface area contributed by atoms with E-state index in [4.69, 9.17) is 17.0 Å². The van der Waals surface area contributed by atoms with E-state index in [1.54, 1.807) is 48.5 Å². The van der Waals surface area contributed by atoms with Crippen molar-refractivity contribution in [3.05, 3.63) is 95.6 Å². The van der Waals surface area contributed by atoms with E-state index in [0.717, 1.165) is 12.0 Å². The van der Waals surface area contributed by atoms with Gasteiger partial charge in [0.05, 0.1) is 12.1 Å². The molecule has 0 fully saturated rings. The molecule has 6 nitrogen and oxygen atoms in total. The number of benzene rings is 3. The average molecular weight is 476 g/mol. The van der Waals surface area contributed by atoms with Crippen molar-refractivity contribution in [1.29, 1.82) is 0 Å². The van der Waals surface area contributed by atoms with Gasteiger partial charge in [0.15, 0.2) is 5.11 Å². The van der Waals surface area contributed by atoms with Crippen molar-refractivity contribution >= 4 is 34.8 Å². The first-order valence-electron chi connectivity index (χ1n) is 11.2. The summed E-state index contributed by atoms with van der Waals surface area (Å²) in [6.07, 6.45) is 1.02. The lowest BCUT2D eigenvalue weighted by Gasteiger charge is -2.15. The maximum atomic E-state index is 12.5. The molecule has 3 N–H and O–H groups in total. The van der Waals surface area contributed by atoms with Crippen molar-refractivity contribution in [2.75, 3.05) is 5.32 Å². The number of anilines is 1. The van der Waals surface area contributed by atoms with Crippen LogP contribution in [0.3, 0.4) is 0 Å². The first kappa shape index (κ1) is 24.9. The Kier molecular flexibility index (Phi) is 8.76. The zero-order chi connectivity index (χ0) is 24.5. The summed E-state index contributed by atoms with van der Waals surface area (Å²) < 4.78 is 5.73. The van der Waals surface area contributed by atoms with Gasteiger partial charge >= 0.3 is 0 Å². The smallest absolute Gasteiger partial charge is 0.257 e. The number of amides is 2. The van der Waals surface area contributed by atoms with Gasteiger partial charge < -0.3 is 15.4 Å². The number of rotatable bonds is 8. The fourth-order valence-electron chi connectivity index (χ4n) is 3.15. The van der Waals surface area contributed by atoms with Crippen LogP contribution < -0.4 is 20.7 Å². The number of ether oxygens (including phenoxy) is 1. The molecule has 0 aliphatic carbocycles. The van der Waals surface area contributed by atoms with Gasteiger partial charge in [-0.3, -0.25) is 14.9 Å². The van der Waals surface area contributed by atoms with Crippen molar-refractivity contribution < 1.29 is 14.3 Å². The van der Waals surface area contributed by atoms with E-state index >= 15 is 0 Å². The predicted octanol–water partition coefficient (Wildman–Crippen LogP) is 5.48. The molecule has 2 unspecified atom stereocenters. The van der Waals surface area contributed by atoms with Gasteiger partial charge in [-0.1, -0.05) is 37.3 Å². The van der Waals surface area contributed by atoms with Crippen LogP contribution in [0.15, 0.2) is 78.9 Å². The highest BCUT2D eigenvalue weighted by Gasteiger charge is 2.12. The molecule has 0 aromatic heterocycles. The normalized spacial score (nSPS) is 12.2. The Hall–Kier alpha value is -3.71.